The third-order valence-electron chi connectivity index (χ3n) is 5.51. The van der Waals surface area contributed by atoms with Crippen molar-refractivity contribution in [2.45, 2.75) is 58.7 Å². The average Bonchev–Trinajstić information content (AvgIpc) is 2.71. The molecular formula is C27H29F3O. The summed E-state index contributed by atoms with van der Waals surface area (Å²) in [7, 11) is 0. The molecule has 0 N–H and O–H groups in total. The third-order valence-corrected chi connectivity index (χ3v) is 5.51. The van der Waals surface area contributed by atoms with Crippen LogP contribution in [0, 0.1) is 13.8 Å². The standard InChI is InChI=1S/C27H29F3O/c1-18(2)21-10-12-23(13-11-21)26-19(3)16-24(17-20(26)4)31-25(14-15-27(28,29)30)22-8-6-5-7-9-22/h5-13,16-18,25H,14-15H2,1-4H3. The van der Waals surface area contributed by atoms with Gasteiger partial charge in [-0.25, -0.2) is 0 Å². The second-order valence-electron chi connectivity index (χ2n) is 8.38. The Morgan fingerprint density at radius 1 is 0.806 bits per heavy atom. The van der Waals surface area contributed by atoms with E-state index in [-0.39, 0.29) is 6.42 Å². The lowest BCUT2D eigenvalue weighted by Gasteiger charge is -2.22. The van der Waals surface area contributed by atoms with Crippen LogP contribution >= 0.6 is 0 Å². The van der Waals surface area contributed by atoms with Gasteiger partial charge in [-0.15, -0.1) is 0 Å². The second kappa shape index (κ2) is 9.59. The maximum atomic E-state index is 12.9. The zero-order valence-electron chi connectivity index (χ0n) is 18.5. The van der Waals surface area contributed by atoms with E-state index in [1.807, 2.05) is 56.3 Å². The molecule has 164 valence electrons. The van der Waals surface area contributed by atoms with Gasteiger partial charge in [0.1, 0.15) is 11.9 Å². The minimum atomic E-state index is -4.21. The number of hydrogen-bond donors (Lipinski definition) is 0. The van der Waals surface area contributed by atoms with Crippen molar-refractivity contribution in [2.24, 2.45) is 0 Å². The molecule has 3 aromatic carbocycles. The molecule has 0 aliphatic heterocycles. The van der Waals surface area contributed by atoms with Gasteiger partial charge in [-0.1, -0.05) is 68.4 Å². The molecule has 1 nitrogen and oxygen atoms in total. The summed E-state index contributed by atoms with van der Waals surface area (Å²) in [6.45, 7) is 8.36. The van der Waals surface area contributed by atoms with Crippen LogP contribution in [0.15, 0.2) is 66.7 Å². The Balaban J connectivity index is 1.87. The highest BCUT2D eigenvalue weighted by Crippen LogP contribution is 2.35. The first-order chi connectivity index (χ1) is 14.6. The van der Waals surface area contributed by atoms with Gasteiger partial charge < -0.3 is 4.74 Å². The van der Waals surface area contributed by atoms with Crippen molar-refractivity contribution in [3.63, 3.8) is 0 Å². The van der Waals surface area contributed by atoms with Crippen molar-refractivity contribution in [3.05, 3.63) is 89.0 Å². The van der Waals surface area contributed by atoms with E-state index in [4.69, 9.17) is 4.74 Å². The highest BCUT2D eigenvalue weighted by atomic mass is 19.4. The molecular weight excluding hydrogens is 397 g/mol. The van der Waals surface area contributed by atoms with Crippen molar-refractivity contribution < 1.29 is 17.9 Å². The largest absolute Gasteiger partial charge is 0.486 e. The molecule has 0 saturated heterocycles. The van der Waals surface area contributed by atoms with E-state index >= 15 is 0 Å². The zero-order valence-corrected chi connectivity index (χ0v) is 18.5. The molecule has 0 fully saturated rings. The molecule has 0 amide bonds. The van der Waals surface area contributed by atoms with E-state index in [2.05, 4.69) is 38.1 Å². The Labute approximate surface area is 182 Å². The summed E-state index contributed by atoms with van der Waals surface area (Å²) in [5.74, 6) is 1.06. The van der Waals surface area contributed by atoms with Gasteiger partial charge in [0.2, 0.25) is 0 Å². The zero-order chi connectivity index (χ0) is 22.6. The maximum Gasteiger partial charge on any atom is 0.389 e. The molecule has 1 unspecified atom stereocenters. The molecule has 31 heavy (non-hydrogen) atoms. The monoisotopic (exact) mass is 426 g/mol. The van der Waals surface area contributed by atoms with Gasteiger partial charge in [0.05, 0.1) is 0 Å². The quantitative estimate of drug-likeness (QED) is 0.368. The van der Waals surface area contributed by atoms with Crippen molar-refractivity contribution in [1.82, 2.24) is 0 Å². The van der Waals surface area contributed by atoms with Crippen LogP contribution < -0.4 is 4.74 Å². The Kier molecular flexibility index (Phi) is 7.09. The van der Waals surface area contributed by atoms with E-state index in [1.165, 1.54) is 5.56 Å². The third kappa shape index (κ3) is 6.13. The van der Waals surface area contributed by atoms with E-state index in [0.717, 1.165) is 27.8 Å². The molecule has 0 heterocycles. The molecule has 4 heteroatoms. The van der Waals surface area contributed by atoms with Gasteiger partial charge in [-0.2, -0.15) is 13.2 Å². The molecule has 0 aliphatic carbocycles. The van der Waals surface area contributed by atoms with Gasteiger partial charge in [0.25, 0.3) is 0 Å². The SMILES string of the molecule is Cc1cc(OC(CCC(F)(F)F)c2ccccc2)cc(C)c1-c1ccc(C(C)C)cc1. The van der Waals surface area contributed by atoms with Crippen molar-refractivity contribution in [2.75, 3.05) is 0 Å². The van der Waals surface area contributed by atoms with Gasteiger partial charge in [0, 0.05) is 6.42 Å². The van der Waals surface area contributed by atoms with E-state index < -0.39 is 18.7 Å². The summed E-state index contributed by atoms with van der Waals surface area (Å²) < 4.78 is 44.7. The average molecular weight is 427 g/mol. The number of aryl methyl sites for hydroxylation is 2. The van der Waals surface area contributed by atoms with E-state index in [9.17, 15) is 13.2 Å². The lowest BCUT2D eigenvalue weighted by Crippen LogP contribution is -2.14. The number of rotatable bonds is 7. The molecule has 0 aliphatic rings. The van der Waals surface area contributed by atoms with Crippen molar-refractivity contribution in [3.8, 4) is 16.9 Å². The van der Waals surface area contributed by atoms with Crippen molar-refractivity contribution in [1.29, 1.82) is 0 Å². The lowest BCUT2D eigenvalue weighted by atomic mass is 9.93. The Morgan fingerprint density at radius 2 is 1.39 bits per heavy atom. The first kappa shape index (κ1) is 22.9. The predicted octanol–water partition coefficient (Wildman–Crippen LogP) is 8.56. The van der Waals surface area contributed by atoms with E-state index in [0.29, 0.717) is 11.7 Å². The number of ether oxygens (including phenoxy) is 1. The van der Waals surface area contributed by atoms with Crippen LogP contribution in [-0.4, -0.2) is 6.18 Å². The van der Waals surface area contributed by atoms with E-state index in [1.54, 1.807) is 0 Å². The molecule has 0 spiro atoms. The number of hydrogen-bond acceptors (Lipinski definition) is 1. The van der Waals surface area contributed by atoms with Crippen molar-refractivity contribution >= 4 is 0 Å². The summed E-state index contributed by atoms with van der Waals surface area (Å²) in [4.78, 5) is 0. The summed E-state index contributed by atoms with van der Waals surface area (Å²) in [5, 5.41) is 0. The Morgan fingerprint density at radius 3 is 1.90 bits per heavy atom. The number of halogens is 3. The summed E-state index contributed by atoms with van der Waals surface area (Å²) in [6.07, 6.45) is -5.87. The van der Waals surface area contributed by atoms with Gasteiger partial charge in [-0.05, 0) is 71.7 Å². The van der Waals surface area contributed by atoms with Gasteiger partial charge in [0.15, 0.2) is 0 Å². The van der Waals surface area contributed by atoms with Crippen LogP contribution in [0.5, 0.6) is 5.75 Å². The molecule has 0 saturated carbocycles. The molecule has 1 atom stereocenters. The minimum absolute atomic E-state index is 0.121. The molecule has 3 rings (SSSR count). The highest BCUT2D eigenvalue weighted by Gasteiger charge is 2.29. The summed E-state index contributed by atoms with van der Waals surface area (Å²) >= 11 is 0. The van der Waals surface area contributed by atoms with Crippen LogP contribution in [0.1, 0.15) is 61.0 Å². The molecule has 0 bridgehead atoms. The maximum absolute atomic E-state index is 12.9. The van der Waals surface area contributed by atoms with Crippen LogP contribution in [-0.2, 0) is 0 Å². The fourth-order valence-electron chi connectivity index (χ4n) is 3.90. The number of alkyl halides is 3. The van der Waals surface area contributed by atoms with Crippen LogP contribution in [0.3, 0.4) is 0 Å². The predicted molar refractivity (Wildman–Crippen MR) is 121 cm³/mol. The summed E-state index contributed by atoms with van der Waals surface area (Å²) in [6, 6.07) is 21.5. The van der Waals surface area contributed by atoms with Gasteiger partial charge in [-0.3, -0.25) is 0 Å². The van der Waals surface area contributed by atoms with Crippen LogP contribution in [0.4, 0.5) is 13.2 Å². The normalized spacial score (nSPS) is 12.8. The Hall–Kier alpha value is -2.75. The van der Waals surface area contributed by atoms with Crippen LogP contribution in [0.2, 0.25) is 0 Å². The fraction of sp³-hybridized carbons (Fsp3) is 0.333. The number of benzene rings is 3. The smallest absolute Gasteiger partial charge is 0.389 e. The topological polar surface area (TPSA) is 9.23 Å². The minimum Gasteiger partial charge on any atom is -0.486 e. The molecule has 0 aromatic heterocycles. The first-order valence-corrected chi connectivity index (χ1v) is 10.6. The fourth-order valence-corrected chi connectivity index (χ4v) is 3.90. The highest BCUT2D eigenvalue weighted by molar-refractivity contribution is 5.72. The molecule has 3 aromatic rings. The second-order valence-corrected chi connectivity index (χ2v) is 8.38. The Bertz CT molecular complexity index is 966. The van der Waals surface area contributed by atoms with Gasteiger partial charge >= 0.3 is 6.18 Å². The van der Waals surface area contributed by atoms with Crippen LogP contribution in [0.25, 0.3) is 11.1 Å². The lowest BCUT2D eigenvalue weighted by molar-refractivity contribution is -0.139. The first-order valence-electron chi connectivity index (χ1n) is 10.6. The summed E-state index contributed by atoms with van der Waals surface area (Å²) in [5.41, 5.74) is 6.37. The molecule has 0 radical (unpaired) electrons.